The van der Waals surface area contributed by atoms with Crippen LogP contribution in [-0.4, -0.2) is 81.5 Å². The largest absolute Gasteiger partial charge is 0.489 e. The molecule has 0 bridgehead atoms. The van der Waals surface area contributed by atoms with Gasteiger partial charge in [-0.3, -0.25) is 24.3 Å². The maximum Gasteiger partial charge on any atom is 0.323 e. The Morgan fingerprint density at radius 2 is 1.89 bits per heavy atom. The molecule has 0 atom stereocenters. The number of esters is 1. The van der Waals surface area contributed by atoms with Gasteiger partial charge in [-0.2, -0.15) is 0 Å². The minimum Gasteiger partial charge on any atom is -0.489 e. The standard InChI is InChI=1S/C32H42N6O6S/c1-2-43-30(39)22-45(41,42)38(17-7-9-23-8-6-10-24(20-23)31(33)34)25-12-13-28(27(21-25)32(35)40)44-26-14-18-37(19-15-26)29-11-4-3-5-16-36-29/h6-10,12-13,20-21,26H,2-5,11,14-19,22H2,1H3,(H3,33,34)(H2,35,40)/b9-7+. The molecule has 0 aliphatic carbocycles. The summed E-state index contributed by atoms with van der Waals surface area (Å²) in [6.45, 7) is 3.94. The molecule has 2 aromatic carbocycles. The number of hydrogen-bond acceptors (Lipinski definition) is 9. The van der Waals surface area contributed by atoms with Gasteiger partial charge < -0.3 is 25.8 Å². The van der Waals surface area contributed by atoms with Gasteiger partial charge in [0.05, 0.1) is 30.2 Å². The van der Waals surface area contributed by atoms with E-state index in [1.165, 1.54) is 18.6 Å². The zero-order valence-electron chi connectivity index (χ0n) is 25.6. The van der Waals surface area contributed by atoms with E-state index >= 15 is 0 Å². The second-order valence-corrected chi connectivity index (χ2v) is 12.9. The van der Waals surface area contributed by atoms with E-state index in [0.29, 0.717) is 11.1 Å². The van der Waals surface area contributed by atoms with Gasteiger partial charge >= 0.3 is 5.97 Å². The van der Waals surface area contributed by atoms with E-state index in [1.54, 1.807) is 49.4 Å². The fourth-order valence-electron chi connectivity index (χ4n) is 5.40. The smallest absolute Gasteiger partial charge is 0.323 e. The number of ether oxygens (including phenoxy) is 2. The Kier molecular flexibility index (Phi) is 11.6. The maximum atomic E-state index is 13.5. The molecular weight excluding hydrogens is 596 g/mol. The number of sulfonamides is 1. The van der Waals surface area contributed by atoms with Gasteiger partial charge in [0.15, 0.2) is 5.75 Å². The number of primary amides is 1. The Balaban J connectivity index is 1.55. The first kappa shape index (κ1) is 33.5. The SMILES string of the molecule is CCOC(=O)CS(=O)(=O)N(C/C=C/c1cccc(C(=N)N)c1)c1ccc(OC2CCN(C3=NCCCCC3)CC2)c(C(N)=O)c1. The molecule has 5 N–H and O–H groups in total. The fourth-order valence-corrected chi connectivity index (χ4v) is 6.69. The minimum atomic E-state index is -4.23. The number of carbonyl (C=O) groups is 2. The highest BCUT2D eigenvalue weighted by Crippen LogP contribution is 2.30. The molecule has 0 saturated carbocycles. The van der Waals surface area contributed by atoms with E-state index in [-0.39, 0.29) is 42.1 Å². The van der Waals surface area contributed by atoms with Crippen molar-refractivity contribution in [3.63, 3.8) is 0 Å². The molecule has 1 saturated heterocycles. The summed E-state index contributed by atoms with van der Waals surface area (Å²) in [7, 11) is -4.23. The van der Waals surface area contributed by atoms with Crippen molar-refractivity contribution in [2.45, 2.75) is 51.6 Å². The summed E-state index contributed by atoms with van der Waals surface area (Å²) >= 11 is 0. The van der Waals surface area contributed by atoms with Crippen molar-refractivity contribution >= 4 is 45.3 Å². The van der Waals surface area contributed by atoms with Crippen LogP contribution in [0.25, 0.3) is 6.08 Å². The third kappa shape index (κ3) is 9.30. The van der Waals surface area contributed by atoms with E-state index in [0.717, 1.165) is 61.9 Å². The average molecular weight is 639 g/mol. The monoisotopic (exact) mass is 638 g/mol. The number of benzene rings is 2. The van der Waals surface area contributed by atoms with E-state index in [4.69, 9.17) is 31.3 Å². The zero-order valence-corrected chi connectivity index (χ0v) is 26.4. The van der Waals surface area contributed by atoms with Crippen LogP contribution in [0.4, 0.5) is 5.69 Å². The van der Waals surface area contributed by atoms with Crippen molar-refractivity contribution in [1.82, 2.24) is 4.90 Å². The molecule has 0 aromatic heterocycles. The van der Waals surface area contributed by atoms with Gasteiger partial charge in [0.2, 0.25) is 10.0 Å². The molecule has 12 nitrogen and oxygen atoms in total. The van der Waals surface area contributed by atoms with Crippen molar-refractivity contribution in [3.05, 3.63) is 65.2 Å². The van der Waals surface area contributed by atoms with Gasteiger partial charge in [-0.1, -0.05) is 36.8 Å². The van der Waals surface area contributed by atoms with Crippen LogP contribution in [0.1, 0.15) is 66.9 Å². The van der Waals surface area contributed by atoms with E-state index in [2.05, 4.69) is 4.90 Å². The second kappa shape index (κ2) is 15.6. The second-order valence-electron chi connectivity index (χ2n) is 11.0. The van der Waals surface area contributed by atoms with Crippen molar-refractivity contribution in [1.29, 1.82) is 5.41 Å². The van der Waals surface area contributed by atoms with Crippen LogP contribution in [0.2, 0.25) is 0 Å². The van der Waals surface area contributed by atoms with Gasteiger partial charge in [0.25, 0.3) is 5.91 Å². The summed E-state index contributed by atoms with van der Waals surface area (Å²) in [4.78, 5) is 31.8. The lowest BCUT2D eigenvalue weighted by Gasteiger charge is -2.34. The van der Waals surface area contributed by atoms with E-state index < -0.39 is 27.7 Å². The Morgan fingerprint density at radius 1 is 1.11 bits per heavy atom. The Hall–Kier alpha value is -4.39. The van der Waals surface area contributed by atoms with Gasteiger partial charge in [0, 0.05) is 44.5 Å². The number of nitrogens with two attached hydrogens (primary N) is 2. The lowest BCUT2D eigenvalue weighted by molar-refractivity contribution is -0.139. The normalized spacial score (nSPS) is 16.1. The summed E-state index contributed by atoms with van der Waals surface area (Å²) < 4.78 is 39.1. The number of aliphatic imine (C=N–C) groups is 1. The molecule has 2 aliphatic heterocycles. The number of nitrogens with one attached hydrogen (secondary N) is 1. The first-order valence-electron chi connectivity index (χ1n) is 15.2. The maximum absolute atomic E-state index is 13.5. The molecule has 2 aliphatic rings. The Morgan fingerprint density at radius 3 is 2.60 bits per heavy atom. The lowest BCUT2D eigenvalue weighted by Crippen LogP contribution is -2.42. The highest BCUT2D eigenvalue weighted by Gasteiger charge is 2.28. The predicted octanol–water partition coefficient (Wildman–Crippen LogP) is 3.30. The van der Waals surface area contributed by atoms with Crippen molar-refractivity contribution in [2.24, 2.45) is 16.5 Å². The van der Waals surface area contributed by atoms with Crippen LogP contribution in [0.3, 0.4) is 0 Å². The lowest BCUT2D eigenvalue weighted by atomic mass is 10.1. The highest BCUT2D eigenvalue weighted by molar-refractivity contribution is 7.93. The average Bonchev–Trinajstić information content (AvgIpc) is 3.30. The molecule has 4 rings (SSSR count). The number of hydrogen-bond donors (Lipinski definition) is 3. The van der Waals surface area contributed by atoms with E-state index in [9.17, 15) is 18.0 Å². The number of amides is 1. The number of anilines is 1. The molecule has 0 spiro atoms. The molecule has 0 unspecified atom stereocenters. The van der Waals surface area contributed by atoms with Gasteiger partial charge in [-0.05, 0) is 49.6 Å². The first-order chi connectivity index (χ1) is 21.6. The summed E-state index contributed by atoms with van der Waals surface area (Å²) in [6.07, 6.45) is 9.10. The molecule has 1 fully saturated rings. The number of piperidine rings is 1. The van der Waals surface area contributed by atoms with Crippen LogP contribution in [0, 0.1) is 5.41 Å². The number of nitrogen functional groups attached to an aromatic ring is 1. The van der Waals surface area contributed by atoms with E-state index in [1.807, 2.05) is 0 Å². The zero-order chi connectivity index (χ0) is 32.4. The summed E-state index contributed by atoms with van der Waals surface area (Å²) in [5.41, 5.74) is 12.7. The van der Waals surface area contributed by atoms with Crippen LogP contribution in [0.15, 0.2) is 53.5 Å². The van der Waals surface area contributed by atoms with Crippen LogP contribution < -0.4 is 20.5 Å². The summed E-state index contributed by atoms with van der Waals surface area (Å²) in [5, 5.41) is 7.65. The number of likely N-dealkylation sites (tertiary alicyclic amines) is 1. The van der Waals surface area contributed by atoms with Gasteiger partial charge in [-0.25, -0.2) is 8.42 Å². The Bertz CT molecular complexity index is 1550. The summed E-state index contributed by atoms with van der Waals surface area (Å²) in [6, 6.07) is 11.4. The van der Waals surface area contributed by atoms with Crippen molar-refractivity contribution in [3.8, 4) is 5.75 Å². The minimum absolute atomic E-state index is 0.0334. The quantitative estimate of drug-likeness (QED) is 0.180. The Labute approximate surface area is 264 Å². The van der Waals surface area contributed by atoms with Crippen LogP contribution >= 0.6 is 0 Å². The highest BCUT2D eigenvalue weighted by atomic mass is 32.2. The number of amidine groups is 2. The first-order valence-corrected chi connectivity index (χ1v) is 16.8. The fraction of sp³-hybridized carbons (Fsp3) is 0.438. The van der Waals surface area contributed by atoms with Gasteiger partial charge in [-0.15, -0.1) is 0 Å². The number of nitrogens with zero attached hydrogens (tertiary/aromatic N) is 3. The summed E-state index contributed by atoms with van der Waals surface area (Å²) in [5.74, 6) is -1.20. The molecule has 2 aromatic rings. The van der Waals surface area contributed by atoms with Crippen LogP contribution in [0.5, 0.6) is 5.75 Å². The number of rotatable bonds is 12. The van der Waals surface area contributed by atoms with Crippen LogP contribution in [-0.2, 0) is 19.6 Å². The molecule has 242 valence electrons. The topological polar surface area (TPSA) is 181 Å². The molecule has 2 heterocycles. The van der Waals surface area contributed by atoms with Crippen molar-refractivity contribution in [2.75, 3.05) is 42.8 Å². The third-order valence-corrected chi connectivity index (χ3v) is 9.32. The molecule has 1 amide bonds. The predicted molar refractivity (Wildman–Crippen MR) is 175 cm³/mol. The van der Waals surface area contributed by atoms with Crippen molar-refractivity contribution < 1.29 is 27.5 Å². The molecule has 45 heavy (non-hydrogen) atoms. The molecule has 0 radical (unpaired) electrons. The molecule has 13 heteroatoms. The number of carbonyl (C=O) groups excluding carboxylic acids is 2. The van der Waals surface area contributed by atoms with Gasteiger partial charge in [0.1, 0.15) is 17.7 Å². The molecular formula is C32H42N6O6S. The third-order valence-electron chi connectivity index (χ3n) is 7.69.